The second kappa shape index (κ2) is 14.1. The average Bonchev–Trinajstić information content (AvgIpc) is 2.54. The van der Waals surface area contributed by atoms with E-state index < -0.39 is 30.2 Å². The van der Waals surface area contributed by atoms with Gasteiger partial charge in [0.05, 0.1) is 0 Å². The number of rotatable bonds is 3. The zero-order chi connectivity index (χ0) is 22.1. The standard InChI is InChI=1S/2C7H6O3.2Li.H2O6S2/c2*8-6-4-2-1-3-5(6)7(9)10;;;1-7(2,3)8(4,5)6/h2*1-4,8H,(H,9,10);;;(H,1,2,3)(H,4,5,6)/q;;2*+1;/p-2. The molecule has 16 heteroatoms. The Kier molecular flexibility index (Phi) is 15.3. The molecular formula is C14H12Li2O12S2. The first kappa shape index (κ1) is 32.7. The zero-order valence-electron chi connectivity index (χ0n) is 15.5. The third-order valence-corrected chi connectivity index (χ3v) is 4.52. The SMILES string of the molecule is O=C(O)c1ccccc1O.O=C(O)c1ccccc1O.O=S(=O)([O-])S(=O)(=O)[O-].[Li+].[Li+]. The van der Waals surface area contributed by atoms with Crippen LogP contribution in [-0.4, -0.2) is 58.3 Å². The van der Waals surface area contributed by atoms with E-state index >= 15 is 0 Å². The molecule has 0 aliphatic heterocycles. The van der Waals surface area contributed by atoms with Crippen LogP contribution in [0.4, 0.5) is 0 Å². The number of carboxylic acids is 2. The number of aromatic hydroxyl groups is 2. The molecule has 0 fully saturated rings. The van der Waals surface area contributed by atoms with Crippen molar-refractivity contribution in [1.82, 2.24) is 0 Å². The summed E-state index contributed by atoms with van der Waals surface area (Å²) in [6.45, 7) is 0. The Morgan fingerprint density at radius 3 is 1.00 bits per heavy atom. The summed E-state index contributed by atoms with van der Waals surface area (Å²) in [5.41, 5.74) is -0.134. The van der Waals surface area contributed by atoms with Crippen molar-refractivity contribution in [3.63, 3.8) is 0 Å². The third kappa shape index (κ3) is 11.9. The molecule has 0 saturated heterocycles. The van der Waals surface area contributed by atoms with Gasteiger partial charge < -0.3 is 29.5 Å². The Balaban J connectivity index is -0.000000356. The second-order valence-corrected chi connectivity index (χ2v) is 8.54. The van der Waals surface area contributed by atoms with E-state index in [1.54, 1.807) is 24.3 Å². The maximum Gasteiger partial charge on any atom is 1.00 e. The van der Waals surface area contributed by atoms with Crippen LogP contribution < -0.4 is 37.7 Å². The molecule has 30 heavy (non-hydrogen) atoms. The van der Waals surface area contributed by atoms with Crippen LogP contribution in [0.3, 0.4) is 0 Å². The van der Waals surface area contributed by atoms with Gasteiger partial charge in [-0.05, 0) is 24.3 Å². The van der Waals surface area contributed by atoms with E-state index in [2.05, 4.69) is 0 Å². The fourth-order valence-electron chi connectivity index (χ4n) is 1.31. The van der Waals surface area contributed by atoms with Gasteiger partial charge in [-0.15, -0.1) is 0 Å². The number of benzene rings is 2. The topological polar surface area (TPSA) is 229 Å². The van der Waals surface area contributed by atoms with Crippen LogP contribution in [0.25, 0.3) is 0 Å². The van der Waals surface area contributed by atoms with Gasteiger partial charge in [0.25, 0.3) is 0 Å². The molecule has 0 unspecified atom stereocenters. The van der Waals surface area contributed by atoms with E-state index in [-0.39, 0.29) is 60.3 Å². The maximum absolute atomic E-state index is 10.3. The number of carbonyl (C=O) groups is 2. The fourth-order valence-corrected chi connectivity index (χ4v) is 1.31. The Bertz CT molecular complexity index is 967. The summed E-state index contributed by atoms with van der Waals surface area (Å²) in [5.74, 6) is -2.62. The maximum atomic E-state index is 10.3. The molecule has 154 valence electrons. The number of para-hydroxylation sites is 2. The number of hydrogen-bond donors (Lipinski definition) is 4. The third-order valence-electron chi connectivity index (χ3n) is 2.52. The molecule has 0 spiro atoms. The van der Waals surface area contributed by atoms with Gasteiger partial charge in [0.15, 0.2) is 18.3 Å². The van der Waals surface area contributed by atoms with Crippen molar-refractivity contribution >= 4 is 30.2 Å². The molecule has 0 heterocycles. The Morgan fingerprint density at radius 1 is 0.633 bits per heavy atom. The van der Waals surface area contributed by atoms with Crippen LogP contribution in [0.1, 0.15) is 20.7 Å². The minimum atomic E-state index is -5.67. The molecule has 0 aliphatic rings. The molecule has 12 nitrogen and oxygen atoms in total. The molecule has 4 N–H and O–H groups in total. The predicted octanol–water partition coefficient (Wildman–Crippen LogP) is -5.82. The molecule has 0 radical (unpaired) electrons. The Hall–Kier alpha value is -2.01. The summed E-state index contributed by atoms with van der Waals surface area (Å²) < 4.78 is 55.2. The van der Waals surface area contributed by atoms with Crippen LogP contribution >= 0.6 is 0 Å². The summed E-state index contributed by atoms with van der Waals surface area (Å²) in [5, 5.41) is 34.6. The average molecular weight is 450 g/mol. The second-order valence-electron chi connectivity index (χ2n) is 4.46. The van der Waals surface area contributed by atoms with Gasteiger partial charge in [0, 0.05) is 0 Å². The van der Waals surface area contributed by atoms with Gasteiger partial charge in [-0.1, -0.05) is 24.3 Å². The van der Waals surface area contributed by atoms with Crippen molar-refractivity contribution in [2.24, 2.45) is 0 Å². The van der Waals surface area contributed by atoms with Crippen molar-refractivity contribution in [3.8, 4) is 11.5 Å². The molecular weight excluding hydrogens is 438 g/mol. The van der Waals surface area contributed by atoms with E-state index in [9.17, 15) is 35.5 Å². The van der Waals surface area contributed by atoms with E-state index in [1.807, 2.05) is 0 Å². The summed E-state index contributed by atoms with van der Waals surface area (Å²) in [7, 11) is -11.3. The molecule has 2 rings (SSSR count). The molecule has 0 aliphatic carbocycles. The van der Waals surface area contributed by atoms with Gasteiger partial charge in [-0.3, -0.25) is 0 Å². The van der Waals surface area contributed by atoms with Crippen LogP contribution in [0.2, 0.25) is 0 Å². The summed E-state index contributed by atoms with van der Waals surface area (Å²) in [6, 6.07) is 11.6. The van der Waals surface area contributed by atoms with Gasteiger partial charge in [0.1, 0.15) is 22.6 Å². The molecule has 2 aromatic rings. The van der Waals surface area contributed by atoms with E-state index in [4.69, 9.17) is 20.4 Å². The van der Waals surface area contributed by atoms with Crippen LogP contribution in [0.15, 0.2) is 48.5 Å². The zero-order valence-corrected chi connectivity index (χ0v) is 17.1. The van der Waals surface area contributed by atoms with Gasteiger partial charge in [0.2, 0.25) is 0 Å². The van der Waals surface area contributed by atoms with E-state index in [0.29, 0.717) is 0 Å². The van der Waals surface area contributed by atoms with Crippen molar-refractivity contribution in [2.45, 2.75) is 0 Å². The van der Waals surface area contributed by atoms with Crippen molar-refractivity contribution in [1.29, 1.82) is 0 Å². The minimum Gasteiger partial charge on any atom is -0.736 e. The number of hydrogen-bond acceptors (Lipinski definition) is 10. The summed E-state index contributed by atoms with van der Waals surface area (Å²) in [6.07, 6.45) is 0. The quantitative estimate of drug-likeness (QED) is 0.195. The van der Waals surface area contributed by atoms with Crippen LogP contribution in [0, 0.1) is 0 Å². The van der Waals surface area contributed by atoms with Crippen LogP contribution in [0.5, 0.6) is 11.5 Å². The minimum absolute atomic E-state index is 0. The number of phenols is 2. The van der Waals surface area contributed by atoms with Crippen molar-refractivity contribution < 1.29 is 93.7 Å². The summed E-state index contributed by atoms with van der Waals surface area (Å²) in [4.78, 5) is 20.5. The van der Waals surface area contributed by atoms with Gasteiger partial charge in [-0.25, -0.2) is 26.4 Å². The molecule has 0 amide bonds. The fraction of sp³-hybridized carbons (Fsp3) is 0. The van der Waals surface area contributed by atoms with E-state index in [1.165, 1.54) is 24.3 Å². The first-order chi connectivity index (χ1) is 12.7. The predicted molar refractivity (Wildman–Crippen MR) is 89.5 cm³/mol. The molecule has 2 aromatic carbocycles. The van der Waals surface area contributed by atoms with Crippen molar-refractivity contribution in [3.05, 3.63) is 59.7 Å². The summed E-state index contributed by atoms with van der Waals surface area (Å²) >= 11 is 0. The molecule has 0 atom stereocenters. The smallest absolute Gasteiger partial charge is 0.736 e. The van der Waals surface area contributed by atoms with Crippen molar-refractivity contribution in [2.75, 3.05) is 0 Å². The first-order valence-corrected chi connectivity index (χ1v) is 9.96. The van der Waals surface area contributed by atoms with E-state index in [0.717, 1.165) is 0 Å². The van der Waals surface area contributed by atoms with Gasteiger partial charge in [-0.2, -0.15) is 0 Å². The largest absolute Gasteiger partial charge is 1.00 e. The molecule has 0 aromatic heterocycles. The first-order valence-electron chi connectivity index (χ1n) is 6.62. The van der Waals surface area contributed by atoms with Gasteiger partial charge >= 0.3 is 49.7 Å². The normalized spacial score (nSPS) is 9.80. The molecule has 0 saturated carbocycles. The number of carboxylic acid groups (broad SMARTS) is 2. The monoisotopic (exact) mass is 450 g/mol. The Labute approximate surface area is 194 Å². The van der Waals surface area contributed by atoms with Crippen LogP contribution in [-0.2, 0) is 18.3 Å². The molecule has 0 bridgehead atoms. The Morgan fingerprint density at radius 2 is 0.867 bits per heavy atom. The number of aromatic carboxylic acids is 2.